The van der Waals surface area contributed by atoms with E-state index in [-0.39, 0.29) is 23.1 Å². The molecule has 1 spiro atoms. The Kier molecular flexibility index (Phi) is 2.86. The Bertz CT molecular complexity index is 990. The lowest BCUT2D eigenvalue weighted by Crippen LogP contribution is -2.55. The summed E-state index contributed by atoms with van der Waals surface area (Å²) < 4.78 is 15.5. The summed E-state index contributed by atoms with van der Waals surface area (Å²) in [6.07, 6.45) is 7.81. The lowest BCUT2D eigenvalue weighted by Gasteiger charge is -2.47. The first kappa shape index (κ1) is 14.3. The van der Waals surface area contributed by atoms with Gasteiger partial charge in [0.15, 0.2) is 0 Å². The normalized spacial score (nSPS) is 23.0. The van der Waals surface area contributed by atoms with E-state index in [1.54, 1.807) is 0 Å². The number of nitrogens with one attached hydrogen (secondary N) is 1. The van der Waals surface area contributed by atoms with Crippen molar-refractivity contribution in [2.45, 2.75) is 24.4 Å². The van der Waals surface area contributed by atoms with Gasteiger partial charge >= 0.3 is 0 Å². The highest BCUT2D eigenvalue weighted by Gasteiger charge is 2.52. The predicted octanol–water partition coefficient (Wildman–Crippen LogP) is 2.73. The van der Waals surface area contributed by atoms with Crippen molar-refractivity contribution in [3.63, 3.8) is 0 Å². The fraction of sp³-hybridized carbons (Fsp3) is 0.211. The van der Waals surface area contributed by atoms with Crippen molar-refractivity contribution in [1.29, 1.82) is 0 Å². The molecule has 0 saturated heterocycles. The number of benzene rings is 1. The largest absolute Gasteiger partial charge is 0.349 e. The molecule has 1 aliphatic heterocycles. The van der Waals surface area contributed by atoms with E-state index in [1.807, 2.05) is 24.7 Å². The second-order valence-corrected chi connectivity index (χ2v) is 6.70. The lowest BCUT2D eigenvalue weighted by molar-refractivity contribution is 0.0835. The van der Waals surface area contributed by atoms with Crippen molar-refractivity contribution >= 4 is 5.91 Å². The molecule has 3 aromatic rings. The SMILES string of the molecule is O=C(NC1CC2(C1)c1ccccc1-c1cncn12)c1cncc(F)c1. The van der Waals surface area contributed by atoms with E-state index >= 15 is 0 Å². The molecule has 2 aliphatic rings. The molecule has 6 heteroatoms. The second kappa shape index (κ2) is 4.99. The molecular formula is C19H15FN4O. The molecule has 1 saturated carbocycles. The minimum Gasteiger partial charge on any atom is -0.349 e. The van der Waals surface area contributed by atoms with Gasteiger partial charge in [-0.3, -0.25) is 9.78 Å². The minimum atomic E-state index is -0.509. The van der Waals surface area contributed by atoms with E-state index in [1.165, 1.54) is 23.4 Å². The van der Waals surface area contributed by atoms with Crippen LogP contribution >= 0.6 is 0 Å². The summed E-state index contributed by atoms with van der Waals surface area (Å²) in [6.45, 7) is 0. The molecule has 1 fully saturated rings. The van der Waals surface area contributed by atoms with Crippen LogP contribution in [0.2, 0.25) is 0 Å². The van der Waals surface area contributed by atoms with Gasteiger partial charge < -0.3 is 9.88 Å². The van der Waals surface area contributed by atoms with Crippen LogP contribution in [0.5, 0.6) is 0 Å². The topological polar surface area (TPSA) is 59.8 Å². The van der Waals surface area contributed by atoms with Crippen LogP contribution in [0.3, 0.4) is 0 Å². The van der Waals surface area contributed by atoms with Crippen molar-refractivity contribution in [2.75, 3.05) is 0 Å². The Morgan fingerprint density at radius 3 is 2.88 bits per heavy atom. The van der Waals surface area contributed by atoms with Crippen LogP contribution < -0.4 is 5.32 Å². The zero-order valence-corrected chi connectivity index (χ0v) is 13.3. The number of pyridine rings is 1. The Morgan fingerprint density at radius 2 is 2.04 bits per heavy atom. The van der Waals surface area contributed by atoms with Crippen molar-refractivity contribution in [3.05, 3.63) is 72.2 Å². The van der Waals surface area contributed by atoms with Gasteiger partial charge in [0.25, 0.3) is 5.91 Å². The van der Waals surface area contributed by atoms with Crippen LogP contribution in [0.4, 0.5) is 4.39 Å². The summed E-state index contributed by atoms with van der Waals surface area (Å²) in [6, 6.07) is 9.58. The van der Waals surface area contributed by atoms with Gasteiger partial charge in [0.05, 0.1) is 35.5 Å². The molecule has 1 aromatic carbocycles. The van der Waals surface area contributed by atoms with Gasteiger partial charge in [-0.1, -0.05) is 24.3 Å². The molecule has 5 rings (SSSR count). The van der Waals surface area contributed by atoms with Crippen LogP contribution in [0.1, 0.15) is 28.8 Å². The molecule has 25 heavy (non-hydrogen) atoms. The van der Waals surface area contributed by atoms with E-state index < -0.39 is 5.82 Å². The standard InChI is InChI=1S/C19H15FN4O/c20-13-5-12(8-21-9-13)18(25)23-14-6-19(7-14)16-4-2-1-3-15(16)17-10-22-11-24(17)19/h1-5,8-11,14H,6-7H2,(H,23,25). The van der Waals surface area contributed by atoms with Crippen molar-refractivity contribution < 1.29 is 9.18 Å². The molecule has 1 N–H and O–H groups in total. The maximum Gasteiger partial charge on any atom is 0.253 e. The number of carbonyl (C=O) groups is 1. The highest BCUT2D eigenvalue weighted by molar-refractivity contribution is 5.94. The molecule has 124 valence electrons. The van der Waals surface area contributed by atoms with Gasteiger partial charge in [-0.15, -0.1) is 0 Å². The summed E-state index contributed by atoms with van der Waals surface area (Å²) in [5.74, 6) is -0.797. The first-order chi connectivity index (χ1) is 12.2. The number of nitrogens with zero attached hydrogens (tertiary/aromatic N) is 3. The summed E-state index contributed by atoms with van der Waals surface area (Å²) in [5.41, 5.74) is 3.72. The van der Waals surface area contributed by atoms with Crippen molar-refractivity contribution in [2.24, 2.45) is 0 Å². The summed E-state index contributed by atoms with van der Waals surface area (Å²) in [4.78, 5) is 20.3. The van der Waals surface area contributed by atoms with Crippen LogP contribution in [-0.2, 0) is 5.54 Å². The number of fused-ring (bicyclic) bond motifs is 5. The third-order valence-electron chi connectivity index (χ3n) is 5.27. The highest BCUT2D eigenvalue weighted by Crippen LogP contribution is 2.54. The van der Waals surface area contributed by atoms with Crippen molar-refractivity contribution in [1.82, 2.24) is 19.9 Å². The number of imidazole rings is 1. The monoisotopic (exact) mass is 334 g/mol. The first-order valence-electron chi connectivity index (χ1n) is 8.21. The molecule has 0 bridgehead atoms. The summed E-state index contributed by atoms with van der Waals surface area (Å²) in [7, 11) is 0. The van der Waals surface area contributed by atoms with E-state index in [2.05, 4.69) is 32.0 Å². The Balaban J connectivity index is 1.39. The van der Waals surface area contributed by atoms with Gasteiger partial charge in [0.2, 0.25) is 0 Å². The average molecular weight is 334 g/mol. The summed E-state index contributed by atoms with van der Waals surface area (Å²) >= 11 is 0. The number of aromatic nitrogens is 3. The van der Waals surface area contributed by atoms with Crippen LogP contribution in [0.15, 0.2) is 55.2 Å². The Morgan fingerprint density at radius 1 is 1.20 bits per heavy atom. The van der Waals surface area contributed by atoms with Gasteiger partial charge in [0.1, 0.15) is 5.82 Å². The molecule has 0 atom stereocenters. The van der Waals surface area contributed by atoms with Crippen LogP contribution in [0, 0.1) is 5.82 Å². The van der Waals surface area contributed by atoms with Crippen molar-refractivity contribution in [3.8, 4) is 11.3 Å². The molecular weight excluding hydrogens is 319 g/mol. The maximum absolute atomic E-state index is 13.2. The van der Waals surface area contributed by atoms with Crippen LogP contribution in [-0.4, -0.2) is 26.5 Å². The number of carbonyl (C=O) groups excluding carboxylic acids is 1. The zero-order valence-electron chi connectivity index (χ0n) is 13.3. The van der Waals surface area contributed by atoms with Gasteiger partial charge in [-0.05, 0) is 24.5 Å². The second-order valence-electron chi connectivity index (χ2n) is 6.70. The van der Waals surface area contributed by atoms with E-state index in [9.17, 15) is 9.18 Å². The molecule has 0 unspecified atom stereocenters. The predicted molar refractivity (Wildman–Crippen MR) is 89.4 cm³/mol. The lowest BCUT2D eigenvalue weighted by atomic mass is 9.68. The first-order valence-corrected chi connectivity index (χ1v) is 8.21. The molecule has 1 amide bonds. The minimum absolute atomic E-state index is 0.0390. The third kappa shape index (κ3) is 1.97. The maximum atomic E-state index is 13.2. The zero-order chi connectivity index (χ0) is 17.0. The Labute approximate surface area is 143 Å². The average Bonchev–Trinajstić information content (AvgIpc) is 3.16. The molecule has 5 nitrogen and oxygen atoms in total. The van der Waals surface area contributed by atoms with Gasteiger partial charge in [-0.25, -0.2) is 9.37 Å². The smallest absolute Gasteiger partial charge is 0.253 e. The number of amides is 1. The molecule has 3 heterocycles. The molecule has 1 aliphatic carbocycles. The quantitative estimate of drug-likeness (QED) is 0.784. The number of halogens is 1. The Hall–Kier alpha value is -3.02. The fourth-order valence-corrected chi connectivity index (χ4v) is 4.16. The number of rotatable bonds is 2. The van der Waals surface area contributed by atoms with E-state index in [0.29, 0.717) is 0 Å². The number of hydrogen-bond donors (Lipinski definition) is 1. The third-order valence-corrected chi connectivity index (χ3v) is 5.27. The molecule has 2 aromatic heterocycles. The summed E-state index contributed by atoms with van der Waals surface area (Å²) in [5, 5.41) is 2.99. The van der Waals surface area contributed by atoms with Gasteiger partial charge in [0, 0.05) is 17.8 Å². The van der Waals surface area contributed by atoms with E-state index in [0.717, 1.165) is 24.7 Å². The van der Waals surface area contributed by atoms with E-state index in [4.69, 9.17) is 0 Å². The van der Waals surface area contributed by atoms with Crippen LogP contribution in [0.25, 0.3) is 11.3 Å². The number of hydrogen-bond acceptors (Lipinski definition) is 3. The fourth-order valence-electron chi connectivity index (χ4n) is 4.16. The highest BCUT2D eigenvalue weighted by atomic mass is 19.1. The molecule has 0 radical (unpaired) electrons. The van der Waals surface area contributed by atoms with Gasteiger partial charge in [-0.2, -0.15) is 0 Å².